The first kappa shape index (κ1) is 19.3. The van der Waals surface area contributed by atoms with Gasteiger partial charge in [-0.15, -0.1) is 0 Å². The molecule has 1 atom stereocenters. The number of hydrogen-bond acceptors (Lipinski definition) is 4. The molecular weight excluding hydrogens is 325 g/mol. The van der Waals surface area contributed by atoms with Crippen LogP contribution in [-0.4, -0.2) is 49.1 Å². The molecule has 25 heavy (non-hydrogen) atoms. The van der Waals surface area contributed by atoms with Crippen LogP contribution < -0.4 is 11.1 Å². The molecular formula is C18H26FN3O3. The third kappa shape index (κ3) is 5.79. The summed E-state index contributed by atoms with van der Waals surface area (Å²) in [6, 6.07) is 5.31. The maximum atomic E-state index is 12.9. The van der Waals surface area contributed by atoms with Gasteiger partial charge in [-0.05, 0) is 43.4 Å². The average molecular weight is 351 g/mol. The Bertz CT molecular complexity index is 573. The molecule has 3 N–H and O–H groups in total. The van der Waals surface area contributed by atoms with Crippen LogP contribution in [0.15, 0.2) is 24.3 Å². The summed E-state index contributed by atoms with van der Waals surface area (Å²) in [7, 11) is 0. The van der Waals surface area contributed by atoms with Crippen molar-refractivity contribution in [2.24, 2.45) is 11.7 Å². The molecule has 0 bridgehead atoms. The molecule has 1 unspecified atom stereocenters. The first-order valence-corrected chi connectivity index (χ1v) is 8.64. The van der Waals surface area contributed by atoms with E-state index in [0.29, 0.717) is 19.8 Å². The lowest BCUT2D eigenvalue weighted by Crippen LogP contribution is -2.51. The number of halogens is 1. The van der Waals surface area contributed by atoms with E-state index in [0.717, 1.165) is 18.4 Å². The fourth-order valence-corrected chi connectivity index (χ4v) is 2.87. The number of amides is 2. The molecule has 1 aliphatic heterocycles. The standard InChI is InChI=1S/C18H26FN3O3/c1-2-22(18(24)17(20)14-7-9-25-10-8-14)12-16(23)21-11-13-3-5-15(19)6-4-13/h3-6,14,17H,2,7-12,20H2,1H3,(H,21,23). The van der Waals surface area contributed by atoms with Gasteiger partial charge in [0.2, 0.25) is 11.8 Å². The minimum Gasteiger partial charge on any atom is -0.381 e. The number of nitrogens with two attached hydrogens (primary N) is 1. The largest absolute Gasteiger partial charge is 0.381 e. The monoisotopic (exact) mass is 351 g/mol. The minimum atomic E-state index is -0.603. The van der Waals surface area contributed by atoms with Gasteiger partial charge in [0, 0.05) is 26.3 Å². The summed E-state index contributed by atoms with van der Waals surface area (Å²) in [5.41, 5.74) is 6.90. The lowest BCUT2D eigenvalue weighted by molar-refractivity contribution is -0.138. The van der Waals surface area contributed by atoms with E-state index in [4.69, 9.17) is 10.5 Å². The van der Waals surface area contributed by atoms with E-state index in [9.17, 15) is 14.0 Å². The van der Waals surface area contributed by atoms with E-state index in [-0.39, 0.29) is 36.6 Å². The number of rotatable bonds is 7. The van der Waals surface area contributed by atoms with Gasteiger partial charge in [-0.2, -0.15) is 0 Å². The van der Waals surface area contributed by atoms with Gasteiger partial charge in [0.15, 0.2) is 0 Å². The van der Waals surface area contributed by atoms with Crippen molar-refractivity contribution in [2.45, 2.75) is 32.4 Å². The van der Waals surface area contributed by atoms with Gasteiger partial charge in [0.05, 0.1) is 12.6 Å². The maximum absolute atomic E-state index is 12.9. The molecule has 1 heterocycles. The van der Waals surface area contributed by atoms with Crippen LogP contribution in [-0.2, 0) is 20.9 Å². The number of nitrogens with one attached hydrogen (secondary N) is 1. The first-order chi connectivity index (χ1) is 12.0. The molecule has 0 spiro atoms. The van der Waals surface area contributed by atoms with Crippen molar-refractivity contribution >= 4 is 11.8 Å². The fraction of sp³-hybridized carbons (Fsp3) is 0.556. The minimum absolute atomic E-state index is 0.0343. The number of nitrogens with zero attached hydrogens (tertiary/aromatic N) is 1. The fourth-order valence-electron chi connectivity index (χ4n) is 2.87. The number of carbonyl (C=O) groups excluding carboxylic acids is 2. The molecule has 2 amide bonds. The molecule has 138 valence electrons. The smallest absolute Gasteiger partial charge is 0.240 e. The summed E-state index contributed by atoms with van der Waals surface area (Å²) in [5.74, 6) is -0.692. The second-order valence-corrected chi connectivity index (χ2v) is 6.23. The highest BCUT2D eigenvalue weighted by Gasteiger charge is 2.30. The van der Waals surface area contributed by atoms with Crippen LogP contribution in [0.4, 0.5) is 4.39 Å². The maximum Gasteiger partial charge on any atom is 0.240 e. The molecule has 2 rings (SSSR count). The quantitative estimate of drug-likeness (QED) is 0.769. The van der Waals surface area contributed by atoms with Gasteiger partial charge in [-0.3, -0.25) is 9.59 Å². The van der Waals surface area contributed by atoms with Crippen molar-refractivity contribution in [1.29, 1.82) is 0 Å². The van der Waals surface area contributed by atoms with Crippen LogP contribution in [0.1, 0.15) is 25.3 Å². The van der Waals surface area contributed by atoms with Crippen molar-refractivity contribution in [3.63, 3.8) is 0 Å². The highest BCUT2D eigenvalue weighted by atomic mass is 19.1. The Morgan fingerprint density at radius 3 is 2.56 bits per heavy atom. The Morgan fingerprint density at radius 2 is 1.96 bits per heavy atom. The summed E-state index contributed by atoms with van der Waals surface area (Å²) < 4.78 is 18.2. The lowest BCUT2D eigenvalue weighted by atomic mass is 9.91. The van der Waals surface area contributed by atoms with E-state index in [1.165, 1.54) is 17.0 Å². The van der Waals surface area contributed by atoms with Gasteiger partial charge in [-0.1, -0.05) is 12.1 Å². The molecule has 6 nitrogen and oxygen atoms in total. The summed E-state index contributed by atoms with van der Waals surface area (Å²) in [6.45, 7) is 3.73. The SMILES string of the molecule is CCN(CC(=O)NCc1ccc(F)cc1)C(=O)C(N)C1CCOCC1. The molecule has 1 fully saturated rings. The average Bonchev–Trinajstić information content (AvgIpc) is 2.65. The van der Waals surface area contributed by atoms with Gasteiger partial charge in [-0.25, -0.2) is 4.39 Å². The Labute approximate surface area is 147 Å². The van der Waals surface area contributed by atoms with Crippen LogP contribution in [0.2, 0.25) is 0 Å². The molecule has 1 aromatic rings. The Kier molecular flexibility index (Phi) is 7.33. The van der Waals surface area contributed by atoms with E-state index >= 15 is 0 Å². The Hall–Kier alpha value is -1.99. The van der Waals surface area contributed by atoms with Crippen molar-refractivity contribution in [3.8, 4) is 0 Å². The topological polar surface area (TPSA) is 84.7 Å². The van der Waals surface area contributed by atoms with Gasteiger partial charge in [0.1, 0.15) is 5.82 Å². The third-order valence-electron chi connectivity index (χ3n) is 4.49. The number of hydrogen-bond donors (Lipinski definition) is 2. The lowest BCUT2D eigenvalue weighted by Gasteiger charge is -2.30. The predicted molar refractivity (Wildman–Crippen MR) is 92.0 cm³/mol. The van der Waals surface area contributed by atoms with Crippen molar-refractivity contribution in [1.82, 2.24) is 10.2 Å². The van der Waals surface area contributed by atoms with Crippen LogP contribution in [0, 0.1) is 11.7 Å². The molecule has 0 saturated carbocycles. The molecule has 7 heteroatoms. The Balaban J connectivity index is 1.83. The second kappa shape index (κ2) is 9.48. The number of ether oxygens (including phenoxy) is 1. The number of carbonyl (C=O) groups is 2. The van der Waals surface area contributed by atoms with Crippen LogP contribution >= 0.6 is 0 Å². The highest BCUT2D eigenvalue weighted by Crippen LogP contribution is 2.19. The first-order valence-electron chi connectivity index (χ1n) is 8.64. The molecule has 1 aliphatic rings. The van der Waals surface area contributed by atoms with Crippen LogP contribution in [0.3, 0.4) is 0 Å². The predicted octanol–water partition coefficient (Wildman–Crippen LogP) is 1.04. The van der Waals surface area contributed by atoms with Crippen molar-refractivity contribution < 1.29 is 18.7 Å². The van der Waals surface area contributed by atoms with Crippen molar-refractivity contribution in [3.05, 3.63) is 35.6 Å². The van der Waals surface area contributed by atoms with E-state index in [2.05, 4.69) is 5.32 Å². The zero-order valence-corrected chi connectivity index (χ0v) is 14.5. The normalized spacial score (nSPS) is 16.3. The van der Waals surface area contributed by atoms with Gasteiger partial charge in [0.25, 0.3) is 0 Å². The highest BCUT2D eigenvalue weighted by molar-refractivity contribution is 5.87. The summed E-state index contributed by atoms with van der Waals surface area (Å²) in [4.78, 5) is 26.1. The van der Waals surface area contributed by atoms with E-state index in [1.54, 1.807) is 12.1 Å². The second-order valence-electron chi connectivity index (χ2n) is 6.23. The van der Waals surface area contributed by atoms with Crippen LogP contribution in [0.25, 0.3) is 0 Å². The van der Waals surface area contributed by atoms with Gasteiger partial charge < -0.3 is 20.7 Å². The molecule has 0 aliphatic carbocycles. The molecule has 1 saturated heterocycles. The summed E-state index contributed by atoms with van der Waals surface area (Å²) in [6.07, 6.45) is 1.53. The van der Waals surface area contributed by atoms with E-state index < -0.39 is 6.04 Å². The molecule has 1 aromatic carbocycles. The van der Waals surface area contributed by atoms with Crippen LogP contribution in [0.5, 0.6) is 0 Å². The number of benzene rings is 1. The molecule has 0 radical (unpaired) electrons. The third-order valence-corrected chi connectivity index (χ3v) is 4.49. The molecule has 0 aromatic heterocycles. The van der Waals surface area contributed by atoms with Crippen molar-refractivity contribution in [2.75, 3.05) is 26.3 Å². The Morgan fingerprint density at radius 1 is 1.32 bits per heavy atom. The summed E-state index contributed by atoms with van der Waals surface area (Å²) >= 11 is 0. The van der Waals surface area contributed by atoms with E-state index in [1.807, 2.05) is 6.92 Å². The van der Waals surface area contributed by atoms with Gasteiger partial charge >= 0.3 is 0 Å². The zero-order chi connectivity index (χ0) is 18.2. The zero-order valence-electron chi connectivity index (χ0n) is 14.5. The summed E-state index contributed by atoms with van der Waals surface area (Å²) in [5, 5.41) is 2.74. The number of likely N-dealkylation sites (N-methyl/N-ethyl adjacent to an activating group) is 1.